The number of amides is 1. The Morgan fingerprint density at radius 1 is 1.17 bits per heavy atom. The number of carbonyl (C=O) groups is 1. The van der Waals surface area contributed by atoms with Crippen LogP contribution in [-0.2, 0) is 20.2 Å². The summed E-state index contributed by atoms with van der Waals surface area (Å²) in [7, 11) is -3.28. The number of hydrogen-bond acceptors (Lipinski definition) is 5. The Kier molecular flexibility index (Phi) is 5.38. The lowest BCUT2D eigenvalue weighted by atomic mass is 9.72. The van der Waals surface area contributed by atoms with Gasteiger partial charge in [-0.15, -0.1) is 0 Å². The van der Waals surface area contributed by atoms with Gasteiger partial charge in [0.2, 0.25) is 15.9 Å². The maximum atomic E-state index is 13.5. The molecule has 1 fully saturated rings. The predicted molar refractivity (Wildman–Crippen MR) is 116 cm³/mol. The predicted octanol–water partition coefficient (Wildman–Crippen LogP) is 3.46. The number of fused-ring (bicyclic) bond motifs is 1. The zero-order valence-corrected chi connectivity index (χ0v) is 17.9. The molecule has 1 aliphatic heterocycles. The van der Waals surface area contributed by atoms with Crippen molar-refractivity contribution in [1.29, 1.82) is 0 Å². The zero-order chi connectivity index (χ0) is 21.4. The van der Waals surface area contributed by atoms with Gasteiger partial charge in [-0.05, 0) is 43.5 Å². The Balaban J connectivity index is 1.63. The van der Waals surface area contributed by atoms with Crippen LogP contribution in [0.25, 0.3) is 11.1 Å². The molecule has 2 heterocycles. The van der Waals surface area contributed by atoms with Gasteiger partial charge in [-0.2, -0.15) is 0 Å². The van der Waals surface area contributed by atoms with Gasteiger partial charge in [0.05, 0.1) is 11.2 Å². The SMILES string of the molecule is CCS(=O)(=O)N1CCC(C(=O)Nc2ccc3oc(C)nc3c2)(c2ccccc2)CC1. The summed E-state index contributed by atoms with van der Waals surface area (Å²) in [5.74, 6) is 0.495. The van der Waals surface area contributed by atoms with E-state index in [1.807, 2.05) is 30.3 Å². The summed E-state index contributed by atoms with van der Waals surface area (Å²) in [6.07, 6.45) is 0.848. The highest BCUT2D eigenvalue weighted by atomic mass is 32.2. The third-order valence-electron chi connectivity index (χ3n) is 5.85. The minimum absolute atomic E-state index is 0.0642. The first-order valence-corrected chi connectivity index (χ1v) is 11.7. The van der Waals surface area contributed by atoms with Crippen molar-refractivity contribution in [2.24, 2.45) is 0 Å². The molecule has 1 aromatic heterocycles. The number of aryl methyl sites for hydroxylation is 1. The molecule has 1 amide bonds. The highest BCUT2D eigenvalue weighted by molar-refractivity contribution is 7.89. The molecule has 0 bridgehead atoms. The summed E-state index contributed by atoms with van der Waals surface area (Å²) in [4.78, 5) is 17.9. The van der Waals surface area contributed by atoms with Crippen LogP contribution in [-0.4, -0.2) is 42.5 Å². The van der Waals surface area contributed by atoms with Crippen molar-refractivity contribution in [2.45, 2.75) is 32.1 Å². The molecule has 30 heavy (non-hydrogen) atoms. The molecule has 7 nitrogen and oxygen atoms in total. The van der Waals surface area contributed by atoms with E-state index in [0.717, 1.165) is 5.56 Å². The van der Waals surface area contributed by atoms with Gasteiger partial charge in [0.1, 0.15) is 5.52 Å². The Morgan fingerprint density at radius 2 is 1.87 bits per heavy atom. The molecule has 0 saturated carbocycles. The number of rotatable bonds is 5. The highest BCUT2D eigenvalue weighted by Crippen LogP contribution is 2.38. The molecule has 1 aliphatic rings. The fourth-order valence-corrected chi connectivity index (χ4v) is 5.21. The molecule has 4 rings (SSSR count). The first-order chi connectivity index (χ1) is 14.3. The third kappa shape index (κ3) is 3.73. The number of benzene rings is 2. The molecule has 0 aliphatic carbocycles. The lowest BCUT2D eigenvalue weighted by Crippen LogP contribution is -2.51. The summed E-state index contributed by atoms with van der Waals surface area (Å²) >= 11 is 0. The molecular formula is C22H25N3O4S. The van der Waals surface area contributed by atoms with E-state index < -0.39 is 15.4 Å². The van der Waals surface area contributed by atoms with E-state index in [9.17, 15) is 13.2 Å². The second-order valence-corrected chi connectivity index (χ2v) is 9.87. The second kappa shape index (κ2) is 7.85. The molecule has 3 aromatic rings. The minimum atomic E-state index is -3.28. The molecular weight excluding hydrogens is 402 g/mol. The van der Waals surface area contributed by atoms with Crippen LogP contribution in [0.5, 0.6) is 0 Å². The number of carbonyl (C=O) groups excluding carboxylic acids is 1. The van der Waals surface area contributed by atoms with Crippen LogP contribution in [0.15, 0.2) is 52.9 Å². The van der Waals surface area contributed by atoms with Crippen LogP contribution in [0.2, 0.25) is 0 Å². The van der Waals surface area contributed by atoms with Crippen molar-refractivity contribution in [3.8, 4) is 0 Å². The van der Waals surface area contributed by atoms with Crippen molar-refractivity contribution in [1.82, 2.24) is 9.29 Å². The topological polar surface area (TPSA) is 92.5 Å². The molecule has 0 radical (unpaired) electrons. The quantitative estimate of drug-likeness (QED) is 0.673. The lowest BCUT2D eigenvalue weighted by Gasteiger charge is -2.40. The maximum absolute atomic E-state index is 13.5. The summed E-state index contributed by atoms with van der Waals surface area (Å²) in [6, 6.07) is 15.0. The Labute approximate surface area is 176 Å². The van der Waals surface area contributed by atoms with E-state index >= 15 is 0 Å². The van der Waals surface area contributed by atoms with Gasteiger partial charge in [-0.25, -0.2) is 17.7 Å². The van der Waals surface area contributed by atoms with E-state index in [0.29, 0.717) is 48.6 Å². The van der Waals surface area contributed by atoms with E-state index in [4.69, 9.17) is 4.42 Å². The first kappa shape index (κ1) is 20.6. The summed E-state index contributed by atoms with van der Waals surface area (Å²) < 4.78 is 31.6. The van der Waals surface area contributed by atoms with Crippen LogP contribution in [0, 0.1) is 6.92 Å². The van der Waals surface area contributed by atoms with Crippen molar-refractivity contribution in [2.75, 3.05) is 24.2 Å². The van der Waals surface area contributed by atoms with Crippen molar-refractivity contribution >= 4 is 32.7 Å². The van der Waals surface area contributed by atoms with Crippen LogP contribution in [0.4, 0.5) is 5.69 Å². The van der Waals surface area contributed by atoms with E-state index in [-0.39, 0.29) is 11.7 Å². The van der Waals surface area contributed by atoms with E-state index in [2.05, 4.69) is 10.3 Å². The number of oxazole rings is 1. The summed E-state index contributed by atoms with van der Waals surface area (Å²) in [6.45, 7) is 4.06. The van der Waals surface area contributed by atoms with Crippen LogP contribution in [0.1, 0.15) is 31.2 Å². The van der Waals surface area contributed by atoms with Crippen LogP contribution < -0.4 is 5.32 Å². The fraction of sp³-hybridized carbons (Fsp3) is 0.364. The molecule has 0 unspecified atom stereocenters. The van der Waals surface area contributed by atoms with Gasteiger partial charge in [-0.1, -0.05) is 30.3 Å². The molecule has 2 aromatic carbocycles. The standard InChI is InChI=1S/C22H25N3O4S/c1-3-30(27,28)25-13-11-22(12-14-25,17-7-5-4-6-8-17)21(26)24-18-9-10-20-19(15-18)23-16(2)29-20/h4-10,15H,3,11-14H2,1-2H3,(H,24,26). The van der Waals surface area contributed by atoms with Gasteiger partial charge in [0.15, 0.2) is 11.5 Å². The lowest BCUT2D eigenvalue weighted by molar-refractivity contribution is -0.123. The molecule has 0 atom stereocenters. The maximum Gasteiger partial charge on any atom is 0.235 e. The number of aromatic nitrogens is 1. The van der Waals surface area contributed by atoms with Gasteiger partial charge >= 0.3 is 0 Å². The average Bonchev–Trinajstić information content (AvgIpc) is 3.13. The third-order valence-corrected chi connectivity index (χ3v) is 7.73. The molecule has 158 valence electrons. The normalized spacial score (nSPS) is 17.1. The molecule has 1 saturated heterocycles. The number of piperidine rings is 1. The summed E-state index contributed by atoms with van der Waals surface area (Å²) in [5, 5.41) is 3.03. The fourth-order valence-electron chi connectivity index (χ4n) is 4.10. The Morgan fingerprint density at radius 3 is 2.53 bits per heavy atom. The zero-order valence-electron chi connectivity index (χ0n) is 17.1. The number of hydrogen-bond donors (Lipinski definition) is 1. The van der Waals surface area contributed by atoms with Gasteiger partial charge in [0, 0.05) is 25.7 Å². The number of anilines is 1. The first-order valence-electron chi connectivity index (χ1n) is 10.1. The highest BCUT2D eigenvalue weighted by Gasteiger charge is 2.44. The Bertz CT molecular complexity index is 1160. The van der Waals surface area contributed by atoms with Crippen molar-refractivity contribution in [3.63, 3.8) is 0 Å². The van der Waals surface area contributed by atoms with E-state index in [1.165, 1.54) is 4.31 Å². The van der Waals surface area contributed by atoms with Crippen LogP contribution in [0.3, 0.4) is 0 Å². The minimum Gasteiger partial charge on any atom is -0.441 e. The van der Waals surface area contributed by atoms with Crippen LogP contribution >= 0.6 is 0 Å². The Hall–Kier alpha value is -2.71. The smallest absolute Gasteiger partial charge is 0.235 e. The van der Waals surface area contributed by atoms with Crippen molar-refractivity contribution in [3.05, 3.63) is 60.0 Å². The van der Waals surface area contributed by atoms with Gasteiger partial charge in [-0.3, -0.25) is 4.79 Å². The molecule has 8 heteroatoms. The second-order valence-electron chi connectivity index (χ2n) is 7.62. The van der Waals surface area contributed by atoms with E-state index in [1.54, 1.807) is 32.0 Å². The number of nitrogens with zero attached hydrogens (tertiary/aromatic N) is 2. The summed E-state index contributed by atoms with van der Waals surface area (Å²) in [5.41, 5.74) is 2.09. The number of nitrogens with one attached hydrogen (secondary N) is 1. The van der Waals surface area contributed by atoms with Crippen molar-refractivity contribution < 1.29 is 17.6 Å². The molecule has 0 spiro atoms. The largest absolute Gasteiger partial charge is 0.441 e. The van der Waals surface area contributed by atoms with Gasteiger partial charge < -0.3 is 9.73 Å². The number of sulfonamides is 1. The average molecular weight is 428 g/mol. The molecule has 1 N–H and O–H groups in total. The van der Waals surface area contributed by atoms with Gasteiger partial charge in [0.25, 0.3) is 0 Å². The monoisotopic (exact) mass is 427 g/mol.